The number of imidazole rings is 1. The first-order valence-electron chi connectivity index (χ1n) is 8.13. The van der Waals surface area contributed by atoms with E-state index in [4.69, 9.17) is 5.73 Å². The van der Waals surface area contributed by atoms with Crippen molar-refractivity contribution in [3.05, 3.63) is 18.2 Å². The van der Waals surface area contributed by atoms with Crippen LogP contribution in [0.25, 0.3) is 0 Å². The van der Waals surface area contributed by atoms with Gasteiger partial charge in [-0.3, -0.25) is 4.90 Å². The summed E-state index contributed by atoms with van der Waals surface area (Å²) in [5, 5.41) is 0. The monoisotopic (exact) mass is 293 g/mol. The smallest absolute Gasteiger partial charge is 0.0951 e. The molecule has 2 N–H and O–H groups in total. The van der Waals surface area contributed by atoms with Crippen LogP contribution in [-0.4, -0.2) is 59.6 Å². The van der Waals surface area contributed by atoms with Crippen molar-refractivity contribution < 1.29 is 0 Å². The lowest BCUT2D eigenvalue weighted by Crippen LogP contribution is -2.41. The van der Waals surface area contributed by atoms with Crippen LogP contribution in [0.1, 0.15) is 44.5 Å². The summed E-state index contributed by atoms with van der Waals surface area (Å²) < 4.78 is 2.35. The van der Waals surface area contributed by atoms with Gasteiger partial charge in [0.2, 0.25) is 0 Å². The van der Waals surface area contributed by atoms with Gasteiger partial charge in [0.25, 0.3) is 0 Å². The fraction of sp³-hybridized carbons (Fsp3) is 0.812. The molecule has 0 bridgehead atoms. The molecule has 1 unspecified atom stereocenters. The van der Waals surface area contributed by atoms with Crippen molar-refractivity contribution in [3.63, 3.8) is 0 Å². The zero-order valence-corrected chi connectivity index (χ0v) is 14.0. The number of likely N-dealkylation sites (N-methyl/N-ethyl adjacent to an activating group) is 1. The van der Waals surface area contributed by atoms with Crippen LogP contribution >= 0.6 is 0 Å². The maximum Gasteiger partial charge on any atom is 0.0951 e. The SMILES string of the molecule is CC(C)CN(CCN(C)C)C(CN)c1cncn1C1CC1. The summed E-state index contributed by atoms with van der Waals surface area (Å²) in [6.45, 7) is 8.37. The lowest BCUT2D eigenvalue weighted by atomic mass is 10.1. The highest BCUT2D eigenvalue weighted by molar-refractivity contribution is 5.10. The molecule has 2 rings (SSSR count). The van der Waals surface area contributed by atoms with Crippen molar-refractivity contribution in [1.82, 2.24) is 19.4 Å². The Labute approximate surface area is 129 Å². The van der Waals surface area contributed by atoms with Crippen LogP contribution < -0.4 is 5.73 Å². The molecule has 1 aliphatic rings. The predicted molar refractivity (Wildman–Crippen MR) is 87.3 cm³/mol. The predicted octanol–water partition coefficient (Wildman–Crippen LogP) is 1.74. The highest BCUT2D eigenvalue weighted by Crippen LogP contribution is 2.37. The molecule has 1 aliphatic carbocycles. The molecular formula is C16H31N5. The molecule has 1 heterocycles. The maximum atomic E-state index is 6.14. The second-order valence-corrected chi connectivity index (χ2v) is 6.90. The second-order valence-electron chi connectivity index (χ2n) is 6.90. The number of nitrogens with zero attached hydrogens (tertiary/aromatic N) is 4. The largest absolute Gasteiger partial charge is 0.330 e. The molecule has 1 fully saturated rings. The van der Waals surface area contributed by atoms with Gasteiger partial charge in [0.1, 0.15) is 0 Å². The Balaban J connectivity index is 2.14. The summed E-state index contributed by atoms with van der Waals surface area (Å²) in [6, 6.07) is 0.932. The summed E-state index contributed by atoms with van der Waals surface area (Å²) >= 11 is 0. The third kappa shape index (κ3) is 4.53. The molecule has 0 radical (unpaired) electrons. The fourth-order valence-electron chi connectivity index (χ4n) is 2.86. The minimum absolute atomic E-state index is 0.274. The van der Waals surface area contributed by atoms with E-state index in [1.54, 1.807) is 0 Å². The Bertz CT molecular complexity index is 422. The number of nitrogens with two attached hydrogens (primary N) is 1. The first-order chi connectivity index (χ1) is 10.0. The maximum absolute atomic E-state index is 6.14. The van der Waals surface area contributed by atoms with Crippen molar-refractivity contribution >= 4 is 0 Å². The lowest BCUT2D eigenvalue weighted by molar-refractivity contribution is 0.158. The highest BCUT2D eigenvalue weighted by Gasteiger charge is 2.30. The van der Waals surface area contributed by atoms with Gasteiger partial charge < -0.3 is 15.2 Å². The highest BCUT2D eigenvalue weighted by atomic mass is 15.2. The minimum atomic E-state index is 0.274. The van der Waals surface area contributed by atoms with Crippen molar-refractivity contribution in [3.8, 4) is 0 Å². The Morgan fingerprint density at radius 1 is 1.33 bits per heavy atom. The van der Waals surface area contributed by atoms with Crippen molar-refractivity contribution in [2.24, 2.45) is 11.7 Å². The molecular weight excluding hydrogens is 262 g/mol. The molecule has 0 spiro atoms. The quantitative estimate of drug-likeness (QED) is 0.753. The first kappa shape index (κ1) is 16.5. The van der Waals surface area contributed by atoms with Gasteiger partial charge in [0, 0.05) is 38.4 Å². The van der Waals surface area contributed by atoms with Gasteiger partial charge in [-0.15, -0.1) is 0 Å². The van der Waals surface area contributed by atoms with Crippen molar-refractivity contribution in [1.29, 1.82) is 0 Å². The number of aromatic nitrogens is 2. The first-order valence-corrected chi connectivity index (χ1v) is 8.13. The third-order valence-corrected chi connectivity index (χ3v) is 4.08. The number of hydrogen-bond donors (Lipinski definition) is 1. The minimum Gasteiger partial charge on any atom is -0.330 e. The van der Waals surface area contributed by atoms with Crippen LogP contribution in [0.3, 0.4) is 0 Å². The molecule has 21 heavy (non-hydrogen) atoms. The Morgan fingerprint density at radius 3 is 2.57 bits per heavy atom. The van der Waals surface area contributed by atoms with E-state index in [2.05, 4.69) is 47.3 Å². The Kier molecular flexibility index (Phi) is 5.79. The van der Waals surface area contributed by atoms with E-state index < -0.39 is 0 Å². The van der Waals surface area contributed by atoms with Crippen molar-refractivity contribution in [2.45, 2.75) is 38.8 Å². The summed E-state index contributed by atoms with van der Waals surface area (Å²) in [7, 11) is 4.25. The average Bonchev–Trinajstić information content (AvgIpc) is 3.15. The van der Waals surface area contributed by atoms with Gasteiger partial charge in [0.15, 0.2) is 0 Å². The van der Waals surface area contributed by atoms with Crippen molar-refractivity contribution in [2.75, 3.05) is 40.3 Å². The van der Waals surface area contributed by atoms with Gasteiger partial charge in [0.05, 0.1) is 18.1 Å². The van der Waals surface area contributed by atoms with Gasteiger partial charge in [-0.1, -0.05) is 13.8 Å². The summed E-state index contributed by atoms with van der Waals surface area (Å²) in [6.07, 6.45) is 6.55. The topological polar surface area (TPSA) is 50.3 Å². The zero-order valence-electron chi connectivity index (χ0n) is 14.0. The second kappa shape index (κ2) is 7.38. The van der Waals surface area contributed by atoms with Crippen LogP contribution in [-0.2, 0) is 0 Å². The summed E-state index contributed by atoms with van der Waals surface area (Å²) in [5.74, 6) is 0.638. The molecule has 1 aromatic heterocycles. The summed E-state index contributed by atoms with van der Waals surface area (Å²) in [4.78, 5) is 9.14. The molecule has 5 nitrogen and oxygen atoms in total. The van der Waals surface area contributed by atoms with Gasteiger partial charge >= 0.3 is 0 Å². The van der Waals surface area contributed by atoms with Crippen LogP contribution in [0, 0.1) is 5.92 Å². The Hall–Kier alpha value is -0.910. The number of rotatable bonds is 9. The Morgan fingerprint density at radius 2 is 2.05 bits per heavy atom. The average molecular weight is 293 g/mol. The van der Waals surface area contributed by atoms with Crippen LogP contribution in [0.4, 0.5) is 0 Å². The van der Waals surface area contributed by atoms with Gasteiger partial charge in [-0.25, -0.2) is 4.98 Å². The fourth-order valence-corrected chi connectivity index (χ4v) is 2.86. The molecule has 5 heteroatoms. The molecule has 1 saturated carbocycles. The standard InChI is InChI=1S/C16H31N5/c1-13(2)11-20(8-7-19(3)4)15(9-17)16-10-18-12-21(16)14-5-6-14/h10,12-15H,5-9,11,17H2,1-4H3. The van der Waals surface area contributed by atoms with Gasteiger partial charge in [-0.2, -0.15) is 0 Å². The molecule has 0 amide bonds. The van der Waals surface area contributed by atoms with E-state index in [1.165, 1.54) is 18.5 Å². The van der Waals surface area contributed by atoms with Crippen LogP contribution in [0.5, 0.6) is 0 Å². The van der Waals surface area contributed by atoms with E-state index in [9.17, 15) is 0 Å². The normalized spacial score (nSPS) is 17.1. The zero-order chi connectivity index (χ0) is 15.4. The summed E-state index contributed by atoms with van der Waals surface area (Å²) in [5.41, 5.74) is 7.43. The van der Waals surface area contributed by atoms with Crippen LogP contribution in [0.2, 0.25) is 0 Å². The van der Waals surface area contributed by atoms with E-state index in [1.807, 2.05) is 12.5 Å². The third-order valence-electron chi connectivity index (χ3n) is 4.08. The van der Waals surface area contributed by atoms with E-state index in [-0.39, 0.29) is 6.04 Å². The van der Waals surface area contributed by atoms with Gasteiger partial charge in [-0.05, 0) is 32.9 Å². The molecule has 0 saturated heterocycles. The van der Waals surface area contributed by atoms with E-state index in [0.29, 0.717) is 18.5 Å². The van der Waals surface area contributed by atoms with Crippen LogP contribution in [0.15, 0.2) is 12.5 Å². The molecule has 1 atom stereocenters. The molecule has 1 aromatic rings. The lowest BCUT2D eigenvalue weighted by Gasteiger charge is -2.33. The van der Waals surface area contributed by atoms with E-state index >= 15 is 0 Å². The molecule has 0 aromatic carbocycles. The van der Waals surface area contributed by atoms with E-state index in [0.717, 1.165) is 19.6 Å². The molecule has 0 aliphatic heterocycles. The number of hydrogen-bond acceptors (Lipinski definition) is 4. The molecule has 120 valence electrons.